The number of likely N-dealkylation sites (N-methyl/N-ethyl adjacent to an activating group) is 6. The van der Waals surface area contributed by atoms with Crippen LogP contribution < -0.4 is 16.0 Å². The molecule has 4 aliphatic carbocycles. The predicted octanol–water partition coefficient (Wildman–Crippen LogP) is 6.25. The van der Waals surface area contributed by atoms with Crippen molar-refractivity contribution >= 4 is 94.1 Å². The molecule has 590 valence electrons. The molecule has 0 aromatic heterocycles. The van der Waals surface area contributed by atoms with Gasteiger partial charge < -0.3 is 64.8 Å². The van der Waals surface area contributed by atoms with Gasteiger partial charge in [0.25, 0.3) is 0 Å². The van der Waals surface area contributed by atoms with Crippen LogP contribution >= 0.6 is 23.2 Å². The number of nitrogens with one attached hydrogen (secondary N) is 3. The third-order valence-electron chi connectivity index (χ3n) is 24.1. The van der Waals surface area contributed by atoms with Crippen LogP contribution in [-0.4, -0.2) is 281 Å². The SMILES string of the molecule is CC[C@H](C)[C@@H]1NC(=O)[C@H](CC(C)C)N(C)C(=O)C[C@@H](C(=O)N2CCOCC2)N(C)C(=O)[C@H](C2CCCC2)N(C)C(=O)C2(CCCC2)NC(=O)[C@@H]2CCCN2C(=O)[C@H](CCC2CCC(C(F)(F)F)C(Cl)C2)NC(=O)CN(C)C(=O)[C@H](CC2CCC(Cl)CC2)N2C/C=C\CC[C@@H](C2=O)N(C)C(=O)CN(C)C1=O. The van der Waals surface area contributed by atoms with Gasteiger partial charge in [-0.1, -0.05) is 72.0 Å². The van der Waals surface area contributed by atoms with Crippen LogP contribution in [0.15, 0.2) is 12.2 Å². The Kier molecular flexibility index (Phi) is 30.3. The Bertz CT molecular complexity index is 3120. The largest absolute Gasteiger partial charge is 0.393 e. The van der Waals surface area contributed by atoms with Gasteiger partial charge in [-0.15, -0.1) is 23.2 Å². The molecule has 0 radical (unpaired) electrons. The lowest BCUT2D eigenvalue weighted by Crippen LogP contribution is -2.65. The van der Waals surface area contributed by atoms with E-state index in [0.717, 1.165) is 12.8 Å². The van der Waals surface area contributed by atoms with Gasteiger partial charge in [0.2, 0.25) is 70.9 Å². The number of fused-ring (bicyclic) bond motifs is 3. The summed E-state index contributed by atoms with van der Waals surface area (Å²) in [6.45, 7) is 6.90. The molecule has 4 saturated carbocycles. The van der Waals surface area contributed by atoms with Gasteiger partial charge in [0.1, 0.15) is 53.9 Å². The summed E-state index contributed by atoms with van der Waals surface area (Å²) >= 11 is 13.0. The van der Waals surface area contributed by atoms with Crippen LogP contribution in [0.2, 0.25) is 0 Å². The molecule has 30 heteroatoms. The van der Waals surface area contributed by atoms with E-state index in [9.17, 15) is 27.6 Å². The van der Waals surface area contributed by atoms with Crippen LogP contribution in [0.1, 0.15) is 188 Å². The molecule has 0 aromatic carbocycles. The number of alkyl halides is 5. The molecule has 12 amide bonds. The fourth-order valence-electron chi connectivity index (χ4n) is 17.4. The van der Waals surface area contributed by atoms with E-state index in [0.29, 0.717) is 70.6 Å². The smallest absolute Gasteiger partial charge is 0.378 e. The topological polar surface area (TPSA) is 279 Å². The van der Waals surface area contributed by atoms with E-state index in [-0.39, 0.29) is 133 Å². The van der Waals surface area contributed by atoms with Gasteiger partial charge in [-0.3, -0.25) is 57.5 Å². The van der Waals surface area contributed by atoms with E-state index in [1.54, 1.807) is 13.0 Å². The fourth-order valence-corrected chi connectivity index (χ4v) is 18.2. The van der Waals surface area contributed by atoms with Gasteiger partial charge in [0, 0.05) is 79.2 Å². The van der Waals surface area contributed by atoms with Crippen LogP contribution in [0.25, 0.3) is 0 Å². The van der Waals surface area contributed by atoms with Crippen molar-refractivity contribution in [1.82, 2.24) is 60.0 Å². The Labute approximate surface area is 628 Å². The minimum atomic E-state index is -4.52. The Morgan fingerprint density at radius 2 is 1.28 bits per heavy atom. The molecule has 25 nitrogen and oxygen atoms in total. The highest BCUT2D eigenvalue weighted by atomic mass is 35.5. The van der Waals surface area contributed by atoms with Crippen LogP contribution in [0.3, 0.4) is 0 Å². The summed E-state index contributed by atoms with van der Waals surface area (Å²) in [6, 6.07) is -9.92. The molecule has 105 heavy (non-hydrogen) atoms. The van der Waals surface area contributed by atoms with Crippen molar-refractivity contribution in [1.29, 1.82) is 0 Å². The maximum Gasteiger partial charge on any atom is 0.393 e. The zero-order valence-electron chi connectivity index (χ0n) is 63.4. The fraction of sp³-hybridized carbons (Fsp3) is 0.813. The molecule has 4 heterocycles. The van der Waals surface area contributed by atoms with Gasteiger partial charge in [0.15, 0.2) is 0 Å². The van der Waals surface area contributed by atoms with Crippen LogP contribution in [0.4, 0.5) is 13.2 Å². The zero-order valence-corrected chi connectivity index (χ0v) is 65.0. The molecule has 3 unspecified atom stereocenters. The minimum Gasteiger partial charge on any atom is -0.378 e. The first-order chi connectivity index (χ1) is 49.7. The van der Waals surface area contributed by atoms with Crippen molar-refractivity contribution in [3.05, 3.63) is 12.2 Å². The Morgan fingerprint density at radius 1 is 0.629 bits per heavy atom. The highest BCUT2D eigenvalue weighted by Crippen LogP contribution is 2.44. The number of halogens is 5. The van der Waals surface area contributed by atoms with Gasteiger partial charge >= 0.3 is 6.18 Å². The van der Waals surface area contributed by atoms with Gasteiger partial charge in [0.05, 0.1) is 38.6 Å². The average Bonchev–Trinajstić information content (AvgIpc) is 1.73. The normalized spacial score (nSPS) is 32.0. The molecule has 0 aromatic rings. The number of carbonyl (C=O) groups is 12. The Balaban J connectivity index is 1.19. The first kappa shape index (κ1) is 84.3. The summed E-state index contributed by atoms with van der Waals surface area (Å²) < 4.78 is 47.9. The second-order valence-corrected chi connectivity index (χ2v) is 33.0. The van der Waals surface area contributed by atoms with Gasteiger partial charge in [-0.25, -0.2) is 0 Å². The first-order valence-corrected chi connectivity index (χ1v) is 39.5. The molecular weight excluding hydrogens is 1400 g/mol. The first-order valence-electron chi connectivity index (χ1n) is 38.6. The number of allylic oxidation sites excluding steroid dienone is 1. The highest BCUT2D eigenvalue weighted by Gasteiger charge is 2.53. The summed E-state index contributed by atoms with van der Waals surface area (Å²) in [7, 11) is 8.66. The van der Waals surface area contributed by atoms with Crippen LogP contribution in [-0.2, 0) is 62.3 Å². The lowest BCUT2D eigenvalue weighted by molar-refractivity contribution is -0.182. The number of rotatable bonds is 11. The van der Waals surface area contributed by atoms with Crippen molar-refractivity contribution in [2.75, 3.05) is 94.8 Å². The minimum absolute atomic E-state index is 0.0104. The van der Waals surface area contributed by atoms with Crippen molar-refractivity contribution in [3.63, 3.8) is 0 Å². The summed E-state index contributed by atoms with van der Waals surface area (Å²) in [6.07, 6.45) is 6.72. The second-order valence-electron chi connectivity index (χ2n) is 31.9. The van der Waals surface area contributed by atoms with Crippen molar-refractivity contribution in [2.24, 2.45) is 35.5 Å². The summed E-state index contributed by atoms with van der Waals surface area (Å²) in [5.74, 6) is -10.9. The number of hydrogen-bond donors (Lipinski definition) is 3. The summed E-state index contributed by atoms with van der Waals surface area (Å²) in [4.78, 5) is 194. The third kappa shape index (κ3) is 20.9. The number of ether oxygens (including phenoxy) is 1. The van der Waals surface area contributed by atoms with Crippen LogP contribution in [0.5, 0.6) is 0 Å². The standard InChI is InChI=1S/C75H117Cl2F3N12O13/c1-11-47(4)63-71(102)85(6)45-62(95)86(7)56-22-13-12-18-34-92(70(56)101)59(42-49-24-28-51(76)29-25-49)68(99)84(5)44-60(93)81-54(31-27-48-26-30-52(53(77)41-48)75(78,79)80)67(98)91-35-19-23-55(91)66(97)83-74(32-16-17-33-74)73(104)89(10)64(50-20-14-15-21-50)72(103)88(9)58(69(100)90-36-38-105-39-37-90)43-61(94)87(8)57(40-46(2)3)65(96)82-63/h12,18,46-59,63-64H,11,13-17,19-45H2,1-10H3,(H,81,93)(H,82,96)(H,83,97)/b18-12-/t47-,48?,49?,51?,52?,53?,54-,55-,56-,57-,58-,59-,63-,64-/m0/s1. The monoisotopic (exact) mass is 1520 g/mol. The maximum atomic E-state index is 15.8. The van der Waals surface area contributed by atoms with Gasteiger partial charge in [-0.05, 0) is 152 Å². The Morgan fingerprint density at radius 3 is 1.90 bits per heavy atom. The van der Waals surface area contributed by atoms with Crippen LogP contribution in [0, 0.1) is 35.5 Å². The van der Waals surface area contributed by atoms with E-state index < -0.39 is 174 Å². The predicted molar refractivity (Wildman–Crippen MR) is 388 cm³/mol. The van der Waals surface area contributed by atoms with E-state index in [2.05, 4.69) is 16.0 Å². The van der Waals surface area contributed by atoms with Crippen molar-refractivity contribution < 1.29 is 75.4 Å². The quantitative estimate of drug-likeness (QED) is 0.153. The van der Waals surface area contributed by atoms with Crippen molar-refractivity contribution in [3.8, 4) is 0 Å². The number of morpholine rings is 1. The molecular formula is C75H117Cl2F3N12O13. The molecule has 3 saturated heterocycles. The van der Waals surface area contributed by atoms with E-state index in [1.807, 2.05) is 26.8 Å². The molecule has 8 aliphatic rings. The molecule has 3 N–H and O–H groups in total. The molecule has 12 atom stereocenters. The number of carbonyl (C=O) groups excluding carboxylic acids is 12. The summed E-state index contributed by atoms with van der Waals surface area (Å²) in [5.41, 5.74) is -1.57. The molecule has 7 fully saturated rings. The number of nitrogens with zero attached hydrogens (tertiary/aromatic N) is 9. The van der Waals surface area contributed by atoms with Gasteiger partial charge in [-0.2, -0.15) is 13.2 Å². The third-order valence-corrected chi connectivity index (χ3v) is 25.1. The molecule has 1 spiro atoms. The molecule has 2 bridgehead atoms. The summed E-state index contributed by atoms with van der Waals surface area (Å²) in [5, 5.41) is 7.57. The second kappa shape index (κ2) is 37.7. The molecule has 4 aliphatic heterocycles. The zero-order chi connectivity index (χ0) is 76.9. The lowest BCUT2D eigenvalue weighted by atomic mass is 9.78. The average molecular weight is 1520 g/mol. The maximum absolute atomic E-state index is 15.8. The highest BCUT2D eigenvalue weighted by molar-refractivity contribution is 6.21. The van der Waals surface area contributed by atoms with E-state index in [1.165, 1.54) is 86.4 Å². The lowest BCUT2D eigenvalue weighted by Gasteiger charge is -2.42. The number of amides is 12. The van der Waals surface area contributed by atoms with E-state index in [4.69, 9.17) is 27.9 Å². The number of hydrogen-bond acceptors (Lipinski definition) is 13. The Hall–Kier alpha value is -6.29. The van der Waals surface area contributed by atoms with E-state index >= 15 is 43.2 Å². The van der Waals surface area contributed by atoms with Crippen molar-refractivity contribution in [2.45, 2.75) is 259 Å². The molecule has 8 rings (SSSR count).